The summed E-state index contributed by atoms with van der Waals surface area (Å²) in [4.78, 5) is 8.71. The standard InChI is InChI=1S/C21H28ClN3/c1-7-24(5)14-23-19-11-16(4)12-20(21(19)22)25(6)18-10-8-9-17(13-18)15(2)3/h8-15H,7H2,1-6H3. The van der Waals surface area contributed by atoms with Crippen LogP contribution in [0.1, 0.15) is 37.8 Å². The normalized spacial score (nSPS) is 11.4. The molecule has 0 atom stereocenters. The van der Waals surface area contributed by atoms with Gasteiger partial charge in [-0.2, -0.15) is 0 Å². The van der Waals surface area contributed by atoms with E-state index >= 15 is 0 Å². The molecule has 0 amide bonds. The summed E-state index contributed by atoms with van der Waals surface area (Å²) in [7, 11) is 4.05. The van der Waals surface area contributed by atoms with Crippen molar-refractivity contribution in [2.45, 2.75) is 33.6 Å². The van der Waals surface area contributed by atoms with Gasteiger partial charge in [0.15, 0.2) is 0 Å². The van der Waals surface area contributed by atoms with Crippen LogP contribution in [0.4, 0.5) is 17.1 Å². The van der Waals surface area contributed by atoms with Crippen molar-refractivity contribution in [1.29, 1.82) is 0 Å². The minimum atomic E-state index is 0.492. The first kappa shape index (κ1) is 19.3. The van der Waals surface area contributed by atoms with E-state index in [-0.39, 0.29) is 0 Å². The quantitative estimate of drug-likeness (QED) is 0.456. The molecule has 0 heterocycles. The minimum absolute atomic E-state index is 0.492. The van der Waals surface area contributed by atoms with E-state index in [2.05, 4.69) is 67.9 Å². The van der Waals surface area contributed by atoms with Crippen LogP contribution in [0.25, 0.3) is 0 Å². The second-order valence-corrected chi connectivity index (χ2v) is 7.12. The lowest BCUT2D eigenvalue weighted by Gasteiger charge is -2.23. The van der Waals surface area contributed by atoms with Gasteiger partial charge in [0.1, 0.15) is 0 Å². The fraction of sp³-hybridized carbons (Fsp3) is 0.381. The second kappa shape index (κ2) is 8.39. The van der Waals surface area contributed by atoms with E-state index in [4.69, 9.17) is 11.6 Å². The lowest BCUT2D eigenvalue weighted by Crippen LogP contribution is -2.14. The highest BCUT2D eigenvalue weighted by atomic mass is 35.5. The van der Waals surface area contributed by atoms with E-state index in [1.807, 2.05) is 31.4 Å². The highest BCUT2D eigenvalue weighted by Crippen LogP contribution is 2.38. The molecule has 4 heteroatoms. The Morgan fingerprint density at radius 1 is 1.16 bits per heavy atom. The Labute approximate surface area is 156 Å². The lowest BCUT2D eigenvalue weighted by molar-refractivity contribution is 0.552. The predicted octanol–water partition coefficient (Wildman–Crippen LogP) is 6.15. The average molecular weight is 358 g/mol. The van der Waals surface area contributed by atoms with Crippen molar-refractivity contribution in [2.75, 3.05) is 25.5 Å². The van der Waals surface area contributed by atoms with E-state index in [9.17, 15) is 0 Å². The number of hydrogen-bond donors (Lipinski definition) is 0. The van der Waals surface area contributed by atoms with E-state index in [1.165, 1.54) is 5.56 Å². The molecule has 25 heavy (non-hydrogen) atoms. The maximum atomic E-state index is 6.68. The van der Waals surface area contributed by atoms with Crippen molar-refractivity contribution in [3.63, 3.8) is 0 Å². The third kappa shape index (κ3) is 4.76. The van der Waals surface area contributed by atoms with Crippen LogP contribution in [0.2, 0.25) is 5.02 Å². The van der Waals surface area contributed by atoms with E-state index < -0.39 is 0 Å². The van der Waals surface area contributed by atoms with E-state index in [0.29, 0.717) is 10.9 Å². The zero-order chi connectivity index (χ0) is 18.6. The maximum Gasteiger partial charge on any atom is 0.0910 e. The first-order valence-electron chi connectivity index (χ1n) is 8.71. The van der Waals surface area contributed by atoms with Crippen LogP contribution >= 0.6 is 11.6 Å². The molecule has 2 rings (SSSR count). The van der Waals surface area contributed by atoms with Crippen LogP contribution in [-0.2, 0) is 0 Å². The molecule has 0 bridgehead atoms. The Balaban J connectivity index is 2.43. The molecular formula is C21H28ClN3. The first-order valence-corrected chi connectivity index (χ1v) is 9.09. The second-order valence-electron chi connectivity index (χ2n) is 6.74. The first-order chi connectivity index (χ1) is 11.8. The van der Waals surface area contributed by atoms with E-state index in [0.717, 1.165) is 29.2 Å². The third-order valence-electron chi connectivity index (χ3n) is 4.36. The molecule has 0 saturated heterocycles. The topological polar surface area (TPSA) is 18.8 Å². The number of aryl methyl sites for hydroxylation is 1. The summed E-state index contributed by atoms with van der Waals surface area (Å²) in [6, 6.07) is 12.7. The van der Waals surface area contributed by atoms with E-state index in [1.54, 1.807) is 0 Å². The number of benzene rings is 2. The summed E-state index contributed by atoms with van der Waals surface area (Å²) in [6.45, 7) is 9.47. The number of hydrogen-bond acceptors (Lipinski definition) is 2. The van der Waals surface area contributed by atoms with Crippen LogP contribution in [0.5, 0.6) is 0 Å². The third-order valence-corrected chi connectivity index (χ3v) is 4.74. The van der Waals surface area contributed by atoms with Gasteiger partial charge in [0, 0.05) is 26.3 Å². The summed E-state index contributed by atoms with van der Waals surface area (Å²) >= 11 is 6.68. The van der Waals surface area contributed by atoms with Gasteiger partial charge in [-0.25, -0.2) is 4.99 Å². The number of aliphatic imine (C=N–C) groups is 1. The molecule has 0 saturated carbocycles. The Hall–Kier alpha value is -2.00. The van der Waals surface area contributed by atoms with Crippen molar-refractivity contribution in [2.24, 2.45) is 4.99 Å². The van der Waals surface area contributed by atoms with Crippen LogP contribution < -0.4 is 4.90 Å². The summed E-state index contributed by atoms with van der Waals surface area (Å²) in [5.74, 6) is 0.492. The fourth-order valence-corrected chi connectivity index (χ4v) is 2.83. The van der Waals surface area contributed by atoms with Crippen LogP contribution in [0.15, 0.2) is 41.4 Å². The van der Waals surface area contributed by atoms with Crippen molar-refractivity contribution < 1.29 is 0 Å². The van der Waals surface area contributed by atoms with Gasteiger partial charge in [-0.15, -0.1) is 0 Å². The molecule has 0 aliphatic rings. The molecule has 0 unspecified atom stereocenters. The maximum absolute atomic E-state index is 6.68. The van der Waals surface area contributed by atoms with Crippen molar-refractivity contribution >= 4 is 35.0 Å². The van der Waals surface area contributed by atoms with Gasteiger partial charge >= 0.3 is 0 Å². The molecule has 0 aromatic heterocycles. The minimum Gasteiger partial charge on any atom is -0.366 e. The lowest BCUT2D eigenvalue weighted by atomic mass is 10.0. The van der Waals surface area contributed by atoms with Crippen molar-refractivity contribution in [1.82, 2.24) is 4.90 Å². The zero-order valence-electron chi connectivity index (χ0n) is 16.0. The van der Waals surface area contributed by atoms with Crippen molar-refractivity contribution in [3.8, 4) is 0 Å². The molecule has 0 aliphatic carbocycles. The zero-order valence-corrected chi connectivity index (χ0v) is 16.8. The largest absolute Gasteiger partial charge is 0.366 e. The fourth-order valence-electron chi connectivity index (χ4n) is 2.54. The molecule has 0 aliphatic heterocycles. The average Bonchev–Trinajstić information content (AvgIpc) is 2.61. The van der Waals surface area contributed by atoms with Gasteiger partial charge < -0.3 is 9.80 Å². The molecule has 0 N–H and O–H groups in total. The highest BCUT2D eigenvalue weighted by molar-refractivity contribution is 6.36. The Bertz CT molecular complexity index is 753. The Morgan fingerprint density at radius 2 is 1.88 bits per heavy atom. The van der Waals surface area contributed by atoms with Crippen LogP contribution in [-0.4, -0.2) is 31.9 Å². The Kier molecular flexibility index (Phi) is 6.49. The molecule has 2 aromatic carbocycles. The molecule has 0 fully saturated rings. The Morgan fingerprint density at radius 3 is 2.52 bits per heavy atom. The molecule has 3 nitrogen and oxygen atoms in total. The number of rotatable bonds is 6. The monoisotopic (exact) mass is 357 g/mol. The van der Waals surface area contributed by atoms with Crippen LogP contribution in [0.3, 0.4) is 0 Å². The van der Waals surface area contributed by atoms with Gasteiger partial charge in [0.05, 0.1) is 22.7 Å². The number of halogens is 1. The molecular weight excluding hydrogens is 330 g/mol. The SMILES string of the molecule is CCN(C)C=Nc1cc(C)cc(N(C)c2cccc(C(C)C)c2)c1Cl. The van der Waals surface area contributed by atoms with Gasteiger partial charge in [0.25, 0.3) is 0 Å². The molecule has 0 spiro atoms. The molecule has 134 valence electrons. The van der Waals surface area contributed by atoms with Gasteiger partial charge in [-0.05, 0) is 55.2 Å². The summed E-state index contributed by atoms with van der Waals surface area (Å²) in [5.41, 5.74) is 5.34. The summed E-state index contributed by atoms with van der Waals surface area (Å²) in [5, 5.41) is 0.670. The molecule has 0 radical (unpaired) electrons. The van der Waals surface area contributed by atoms with Gasteiger partial charge in [-0.1, -0.05) is 37.6 Å². The smallest absolute Gasteiger partial charge is 0.0910 e. The molecule has 2 aromatic rings. The summed E-state index contributed by atoms with van der Waals surface area (Å²) < 4.78 is 0. The predicted molar refractivity (Wildman–Crippen MR) is 111 cm³/mol. The van der Waals surface area contributed by atoms with Crippen LogP contribution in [0, 0.1) is 6.92 Å². The number of anilines is 2. The highest BCUT2D eigenvalue weighted by Gasteiger charge is 2.13. The van der Waals surface area contributed by atoms with Gasteiger partial charge in [-0.3, -0.25) is 0 Å². The number of nitrogens with zero attached hydrogens (tertiary/aromatic N) is 3. The van der Waals surface area contributed by atoms with Gasteiger partial charge in [0.2, 0.25) is 0 Å². The van der Waals surface area contributed by atoms with Crippen molar-refractivity contribution in [3.05, 3.63) is 52.5 Å². The summed E-state index contributed by atoms with van der Waals surface area (Å²) in [6.07, 6.45) is 1.82.